The van der Waals surface area contributed by atoms with Crippen LogP contribution in [0.25, 0.3) is 38.2 Å². The highest BCUT2D eigenvalue weighted by molar-refractivity contribution is 6.83. The van der Waals surface area contributed by atoms with Gasteiger partial charge in [-0.25, -0.2) is 0 Å². The zero-order valence-corrected chi connectivity index (χ0v) is 25.9. The van der Waals surface area contributed by atoms with Crippen LogP contribution in [0.1, 0.15) is 51.7 Å². The van der Waals surface area contributed by atoms with Crippen LogP contribution >= 0.6 is 0 Å². The summed E-state index contributed by atoms with van der Waals surface area (Å²) in [6.07, 6.45) is 7.03. The standard InChI is InChI=1S/C40H39BO2/c1-39(2)22-21-32-30(24-39)25-40(3,4)37-33-18-16-29(23-28(33)17-20-36(32)37)35-19-15-27-11-9-10-14-34(27)38(35)41(43-26-42-5)31-12-7-6-8-13-31/h6-23H,24-26H2,1-5H3. The number of methoxy groups -OCH3 is 1. The molecular formula is C40H39BO2. The quantitative estimate of drug-likeness (QED) is 0.152. The molecule has 0 bridgehead atoms. The van der Waals surface area contributed by atoms with Crippen molar-refractivity contribution in [1.82, 2.24) is 0 Å². The monoisotopic (exact) mass is 562 g/mol. The summed E-state index contributed by atoms with van der Waals surface area (Å²) in [7, 11) is 1.68. The van der Waals surface area contributed by atoms with Gasteiger partial charge < -0.3 is 9.39 Å². The third-order valence-electron chi connectivity index (χ3n) is 9.39. The van der Waals surface area contributed by atoms with Gasteiger partial charge in [-0.15, -0.1) is 0 Å². The van der Waals surface area contributed by atoms with Crippen molar-refractivity contribution < 1.29 is 9.39 Å². The summed E-state index contributed by atoms with van der Waals surface area (Å²) in [5.74, 6) is 0. The van der Waals surface area contributed by atoms with Crippen molar-refractivity contribution in [3.8, 4) is 11.1 Å². The topological polar surface area (TPSA) is 18.5 Å². The van der Waals surface area contributed by atoms with Gasteiger partial charge in [-0.1, -0.05) is 136 Å². The fraction of sp³-hybridized carbons (Fsp3) is 0.250. The van der Waals surface area contributed by atoms with Gasteiger partial charge in [0.15, 0.2) is 0 Å². The van der Waals surface area contributed by atoms with Crippen LogP contribution in [0.2, 0.25) is 0 Å². The molecule has 5 aromatic carbocycles. The highest BCUT2D eigenvalue weighted by Crippen LogP contribution is 2.51. The molecule has 0 radical (unpaired) electrons. The second kappa shape index (κ2) is 10.7. The van der Waals surface area contributed by atoms with Crippen LogP contribution in [0.5, 0.6) is 0 Å². The van der Waals surface area contributed by atoms with Gasteiger partial charge in [-0.3, -0.25) is 0 Å². The van der Waals surface area contributed by atoms with Crippen molar-refractivity contribution in [2.24, 2.45) is 5.41 Å². The Morgan fingerprint density at radius 1 is 0.721 bits per heavy atom. The Morgan fingerprint density at radius 3 is 2.28 bits per heavy atom. The molecule has 0 heterocycles. The van der Waals surface area contributed by atoms with Crippen molar-refractivity contribution in [3.63, 3.8) is 0 Å². The Balaban J connectivity index is 1.42. The van der Waals surface area contributed by atoms with E-state index in [1.165, 1.54) is 54.8 Å². The zero-order valence-electron chi connectivity index (χ0n) is 25.9. The highest BCUT2D eigenvalue weighted by atomic mass is 16.6. The largest absolute Gasteiger partial charge is 0.404 e. The maximum atomic E-state index is 6.45. The second-order valence-electron chi connectivity index (χ2n) is 13.6. The van der Waals surface area contributed by atoms with Crippen molar-refractivity contribution in [2.75, 3.05) is 13.9 Å². The van der Waals surface area contributed by atoms with Gasteiger partial charge >= 0.3 is 6.92 Å². The number of benzene rings is 5. The SMILES string of the molecule is COCOB(c1ccccc1)c1c(-c2ccc3c4c(ccc3c2)C2=C(CC(C)(C)C=C2)CC4(C)C)ccc2ccccc12. The molecule has 5 aromatic rings. The van der Waals surface area contributed by atoms with E-state index in [2.05, 4.69) is 137 Å². The van der Waals surface area contributed by atoms with Crippen LogP contribution in [0.15, 0.2) is 115 Å². The average molecular weight is 563 g/mol. The molecule has 0 aromatic heterocycles. The lowest BCUT2D eigenvalue weighted by Gasteiger charge is -2.40. The van der Waals surface area contributed by atoms with Crippen molar-refractivity contribution in [2.45, 2.75) is 46.0 Å². The van der Waals surface area contributed by atoms with Crippen molar-refractivity contribution in [3.05, 3.63) is 126 Å². The lowest BCUT2D eigenvalue weighted by atomic mass is 9.52. The number of hydrogen-bond acceptors (Lipinski definition) is 2. The zero-order chi connectivity index (χ0) is 29.8. The first-order chi connectivity index (χ1) is 20.8. The van der Waals surface area contributed by atoms with E-state index < -0.39 is 0 Å². The van der Waals surface area contributed by atoms with E-state index >= 15 is 0 Å². The van der Waals surface area contributed by atoms with E-state index in [4.69, 9.17) is 9.39 Å². The molecule has 2 aliphatic rings. The van der Waals surface area contributed by atoms with E-state index in [-0.39, 0.29) is 24.5 Å². The fourth-order valence-electron chi connectivity index (χ4n) is 7.58. The first kappa shape index (κ1) is 27.9. The molecule has 0 N–H and O–H groups in total. The van der Waals surface area contributed by atoms with Crippen molar-refractivity contribution in [1.29, 1.82) is 0 Å². The van der Waals surface area contributed by atoms with Gasteiger partial charge in [0, 0.05) is 7.11 Å². The lowest BCUT2D eigenvalue weighted by Crippen LogP contribution is -2.46. The summed E-state index contributed by atoms with van der Waals surface area (Å²) in [5, 5.41) is 5.03. The van der Waals surface area contributed by atoms with Crippen LogP contribution in [0, 0.1) is 5.41 Å². The first-order valence-corrected chi connectivity index (χ1v) is 15.4. The maximum absolute atomic E-state index is 6.45. The number of ether oxygens (including phenoxy) is 1. The minimum atomic E-state index is -0.270. The normalized spacial score (nSPS) is 16.8. The minimum absolute atomic E-state index is 0.0664. The van der Waals surface area contributed by atoms with E-state index in [0.717, 1.165) is 18.3 Å². The predicted molar refractivity (Wildman–Crippen MR) is 183 cm³/mol. The summed E-state index contributed by atoms with van der Waals surface area (Å²) < 4.78 is 11.9. The minimum Gasteiger partial charge on any atom is -0.404 e. The summed E-state index contributed by atoms with van der Waals surface area (Å²) in [4.78, 5) is 0. The molecule has 0 aliphatic heterocycles. The number of rotatable bonds is 6. The molecule has 7 rings (SSSR count). The molecule has 2 nitrogen and oxygen atoms in total. The fourth-order valence-corrected chi connectivity index (χ4v) is 7.58. The molecule has 0 fully saturated rings. The molecule has 0 unspecified atom stereocenters. The maximum Gasteiger partial charge on any atom is 0.364 e. The highest BCUT2D eigenvalue weighted by Gasteiger charge is 2.36. The number of allylic oxidation sites excluding steroid dienone is 4. The molecule has 0 saturated carbocycles. The van der Waals surface area contributed by atoms with E-state index in [0.29, 0.717) is 0 Å². The molecule has 43 heavy (non-hydrogen) atoms. The van der Waals surface area contributed by atoms with Gasteiger partial charge in [0.1, 0.15) is 6.79 Å². The Bertz CT molecular complexity index is 1910. The van der Waals surface area contributed by atoms with Gasteiger partial charge in [-0.2, -0.15) is 0 Å². The Morgan fingerprint density at radius 2 is 1.47 bits per heavy atom. The molecular weight excluding hydrogens is 523 g/mol. The third-order valence-corrected chi connectivity index (χ3v) is 9.39. The van der Waals surface area contributed by atoms with Crippen LogP contribution in [-0.4, -0.2) is 20.8 Å². The molecule has 214 valence electrons. The summed E-state index contributed by atoms with van der Waals surface area (Å²) in [6.45, 7) is 9.49. The molecule has 0 saturated heterocycles. The number of fused-ring (bicyclic) bond motifs is 5. The van der Waals surface area contributed by atoms with E-state index in [1.54, 1.807) is 12.7 Å². The average Bonchev–Trinajstić information content (AvgIpc) is 3.00. The Hall–Kier alpha value is -3.92. The molecule has 0 spiro atoms. The smallest absolute Gasteiger partial charge is 0.364 e. The summed E-state index contributed by atoms with van der Waals surface area (Å²) >= 11 is 0. The van der Waals surface area contributed by atoms with Crippen LogP contribution in [0.4, 0.5) is 0 Å². The van der Waals surface area contributed by atoms with Gasteiger partial charge in [0.05, 0.1) is 0 Å². The van der Waals surface area contributed by atoms with Crippen molar-refractivity contribution >= 4 is 45.0 Å². The Labute approximate surface area is 256 Å². The van der Waals surface area contributed by atoms with Gasteiger partial charge in [0.2, 0.25) is 0 Å². The lowest BCUT2D eigenvalue weighted by molar-refractivity contribution is 0.0527. The molecule has 0 atom stereocenters. The predicted octanol–water partition coefficient (Wildman–Crippen LogP) is 8.81. The van der Waals surface area contributed by atoms with Crippen LogP contribution in [-0.2, 0) is 14.8 Å². The van der Waals surface area contributed by atoms with E-state index in [1.807, 2.05) is 0 Å². The Kier molecular flexibility index (Phi) is 6.92. The number of hydrogen-bond donors (Lipinski definition) is 0. The molecule has 2 aliphatic carbocycles. The van der Waals surface area contributed by atoms with Gasteiger partial charge in [0.25, 0.3) is 0 Å². The molecule has 0 amide bonds. The summed E-state index contributed by atoms with van der Waals surface area (Å²) in [5.41, 5.74) is 10.9. The first-order valence-electron chi connectivity index (χ1n) is 15.4. The molecule has 3 heteroatoms. The third kappa shape index (κ3) is 4.95. The van der Waals surface area contributed by atoms with E-state index in [9.17, 15) is 0 Å². The van der Waals surface area contributed by atoms with Crippen LogP contribution in [0.3, 0.4) is 0 Å². The van der Waals surface area contributed by atoms with Gasteiger partial charge in [-0.05, 0) is 90.0 Å². The second-order valence-corrected chi connectivity index (χ2v) is 13.6. The summed E-state index contributed by atoms with van der Waals surface area (Å²) in [6, 6.07) is 35.3. The van der Waals surface area contributed by atoms with Crippen LogP contribution < -0.4 is 10.9 Å².